The zero-order chi connectivity index (χ0) is 31.4. The Bertz CT molecular complexity index is 1270. The number of benzene rings is 2. The van der Waals surface area contributed by atoms with E-state index in [1.165, 1.54) is 4.90 Å². The highest BCUT2D eigenvalue weighted by Gasteiger charge is 2.32. The Labute approximate surface area is 253 Å². The van der Waals surface area contributed by atoms with E-state index in [9.17, 15) is 19.2 Å². The minimum Gasteiger partial charge on any atom is -0.493 e. The zero-order valence-electron chi connectivity index (χ0n) is 25.7. The van der Waals surface area contributed by atoms with Gasteiger partial charge in [-0.1, -0.05) is 38.5 Å². The summed E-state index contributed by atoms with van der Waals surface area (Å²) < 4.78 is 16.8. The van der Waals surface area contributed by atoms with Crippen molar-refractivity contribution in [3.05, 3.63) is 53.6 Å². The summed E-state index contributed by atoms with van der Waals surface area (Å²) in [5.74, 6) is -0.292. The summed E-state index contributed by atoms with van der Waals surface area (Å²) in [4.78, 5) is 54.6. The highest BCUT2D eigenvalue weighted by molar-refractivity contribution is 6.01. The van der Waals surface area contributed by atoms with Crippen LogP contribution in [0.5, 0.6) is 17.2 Å². The first-order valence-corrected chi connectivity index (χ1v) is 14.8. The van der Waals surface area contributed by atoms with Gasteiger partial charge in [-0.15, -0.1) is 0 Å². The second-order valence-electron chi connectivity index (χ2n) is 10.6. The minimum absolute atomic E-state index is 0.142. The van der Waals surface area contributed by atoms with Gasteiger partial charge in [-0.2, -0.15) is 0 Å². The number of ether oxygens (including phenoxy) is 3. The van der Waals surface area contributed by atoms with Crippen molar-refractivity contribution in [2.45, 2.75) is 58.5 Å². The average molecular weight is 597 g/mol. The van der Waals surface area contributed by atoms with Crippen LogP contribution in [0.3, 0.4) is 0 Å². The van der Waals surface area contributed by atoms with E-state index in [0.717, 1.165) is 5.56 Å². The molecule has 0 aliphatic carbocycles. The Balaban J connectivity index is 1.75. The molecule has 4 amide bonds. The number of hydrogen-bond acceptors (Lipinski definition) is 7. The van der Waals surface area contributed by atoms with Crippen molar-refractivity contribution in [3.63, 3.8) is 0 Å². The van der Waals surface area contributed by atoms with Gasteiger partial charge in [0.15, 0.2) is 11.5 Å². The maximum absolute atomic E-state index is 13.3. The van der Waals surface area contributed by atoms with Crippen molar-refractivity contribution in [1.29, 1.82) is 0 Å². The van der Waals surface area contributed by atoms with E-state index in [-0.39, 0.29) is 37.0 Å². The Morgan fingerprint density at radius 1 is 1.12 bits per heavy atom. The average Bonchev–Trinajstić information content (AvgIpc) is 3.01. The number of likely N-dealkylation sites (N-methyl/N-ethyl adjacent to an activating group) is 1. The fraction of sp³-hybridized carbons (Fsp3) is 0.500. The molecule has 1 aliphatic rings. The van der Waals surface area contributed by atoms with Crippen LogP contribution in [0.1, 0.15) is 56.0 Å². The molecule has 1 aliphatic heterocycles. The van der Waals surface area contributed by atoms with Gasteiger partial charge in [0, 0.05) is 13.6 Å². The van der Waals surface area contributed by atoms with Crippen LogP contribution in [-0.2, 0) is 20.8 Å². The smallest absolute Gasteiger partial charge is 0.255 e. The van der Waals surface area contributed by atoms with Crippen LogP contribution >= 0.6 is 0 Å². The van der Waals surface area contributed by atoms with Crippen molar-refractivity contribution in [2.24, 2.45) is 5.92 Å². The van der Waals surface area contributed by atoms with Crippen LogP contribution in [0.25, 0.3) is 0 Å². The topological polar surface area (TPSA) is 135 Å². The quantitative estimate of drug-likeness (QED) is 0.359. The Morgan fingerprint density at radius 3 is 2.60 bits per heavy atom. The lowest BCUT2D eigenvalue weighted by atomic mass is 9.97. The molecular weight excluding hydrogens is 552 g/mol. The lowest BCUT2D eigenvalue weighted by Crippen LogP contribution is -2.54. The number of fused-ring (bicyclic) bond motifs is 1. The normalized spacial score (nSPS) is 18.7. The number of rotatable bonds is 10. The van der Waals surface area contributed by atoms with Gasteiger partial charge >= 0.3 is 0 Å². The molecule has 1 heterocycles. The van der Waals surface area contributed by atoms with Gasteiger partial charge in [0.05, 0.1) is 32.2 Å². The number of nitrogens with zero attached hydrogens (tertiary/aromatic N) is 1. The van der Waals surface area contributed by atoms with E-state index in [1.807, 2.05) is 39.0 Å². The Kier molecular flexibility index (Phi) is 12.7. The third kappa shape index (κ3) is 9.36. The molecule has 11 nitrogen and oxygen atoms in total. The third-order valence-electron chi connectivity index (χ3n) is 7.47. The summed E-state index contributed by atoms with van der Waals surface area (Å²) in [5, 5.41) is 8.37. The number of carbonyl (C=O) groups excluding carboxylic acids is 4. The van der Waals surface area contributed by atoms with E-state index in [4.69, 9.17) is 14.2 Å². The number of amides is 4. The first-order chi connectivity index (χ1) is 20.7. The van der Waals surface area contributed by atoms with Gasteiger partial charge in [-0.3, -0.25) is 19.2 Å². The molecule has 0 saturated heterocycles. The number of aryl methyl sites for hydroxylation is 1. The molecule has 0 fully saturated rings. The molecule has 0 spiro atoms. The molecular formula is C32H44N4O7. The highest BCUT2D eigenvalue weighted by Crippen LogP contribution is 2.28. The first-order valence-electron chi connectivity index (χ1n) is 14.8. The number of carbonyl (C=O) groups is 4. The van der Waals surface area contributed by atoms with E-state index >= 15 is 0 Å². The highest BCUT2D eigenvalue weighted by atomic mass is 16.5. The number of nitrogens with one attached hydrogen (secondary N) is 3. The van der Waals surface area contributed by atoms with Crippen LogP contribution in [0.2, 0.25) is 0 Å². The largest absolute Gasteiger partial charge is 0.493 e. The van der Waals surface area contributed by atoms with Crippen LogP contribution in [-0.4, -0.2) is 81.1 Å². The number of para-hydroxylation sites is 1. The maximum atomic E-state index is 13.3. The molecule has 43 heavy (non-hydrogen) atoms. The van der Waals surface area contributed by atoms with E-state index in [0.29, 0.717) is 49.7 Å². The fourth-order valence-electron chi connectivity index (χ4n) is 4.74. The van der Waals surface area contributed by atoms with Crippen molar-refractivity contribution in [3.8, 4) is 17.2 Å². The van der Waals surface area contributed by atoms with Gasteiger partial charge in [-0.05, 0) is 55.5 Å². The molecule has 0 unspecified atom stereocenters. The van der Waals surface area contributed by atoms with E-state index < -0.39 is 29.8 Å². The summed E-state index contributed by atoms with van der Waals surface area (Å²) in [6.07, 6.45) is 1.61. The van der Waals surface area contributed by atoms with Crippen LogP contribution in [0, 0.1) is 5.92 Å². The summed E-state index contributed by atoms with van der Waals surface area (Å²) in [6, 6.07) is 10.4. The standard InChI is InChI=1S/C32H44N4O7/c1-6-21(3)29-32(40)36(4)17-18-43-25-13-9-8-12-23(25)30(38)34-24(20-28(37)35-29)31(39)33-16-10-11-22-14-15-26(42-7-2)27(19-22)41-5/h8-9,12-15,19,21,24,29H,6-7,10-11,16-18,20H2,1-5H3,(H,33,39)(H,34,38)(H,35,37)/t21-,24-,29-/m0/s1. The molecule has 3 atom stereocenters. The second kappa shape index (κ2) is 16.4. The van der Waals surface area contributed by atoms with Gasteiger partial charge in [0.1, 0.15) is 24.4 Å². The predicted octanol–water partition coefficient (Wildman–Crippen LogP) is 2.71. The van der Waals surface area contributed by atoms with Gasteiger partial charge in [-0.25, -0.2) is 0 Å². The van der Waals surface area contributed by atoms with Crippen molar-refractivity contribution in [1.82, 2.24) is 20.9 Å². The number of hydrogen-bond donors (Lipinski definition) is 3. The third-order valence-corrected chi connectivity index (χ3v) is 7.47. The van der Waals surface area contributed by atoms with Crippen LogP contribution < -0.4 is 30.2 Å². The fourth-order valence-corrected chi connectivity index (χ4v) is 4.74. The van der Waals surface area contributed by atoms with Crippen molar-refractivity contribution in [2.75, 3.05) is 40.5 Å². The second-order valence-corrected chi connectivity index (χ2v) is 10.6. The summed E-state index contributed by atoms with van der Waals surface area (Å²) >= 11 is 0. The lowest BCUT2D eigenvalue weighted by Gasteiger charge is -2.29. The van der Waals surface area contributed by atoms with Crippen molar-refractivity contribution < 1.29 is 33.4 Å². The van der Waals surface area contributed by atoms with Crippen molar-refractivity contribution >= 4 is 23.6 Å². The van der Waals surface area contributed by atoms with Gasteiger partial charge < -0.3 is 35.1 Å². The Hall–Kier alpha value is -4.28. The SMILES string of the molecule is CCOc1ccc(CCCNC(=O)[C@@H]2CC(=O)N[C@@H]([C@@H](C)CC)C(=O)N(C)CCOc3ccccc3C(=O)N2)cc1OC. The number of methoxy groups -OCH3 is 1. The van der Waals surface area contributed by atoms with Gasteiger partial charge in [0.25, 0.3) is 5.91 Å². The molecule has 0 bridgehead atoms. The summed E-state index contributed by atoms with van der Waals surface area (Å²) in [6.45, 7) is 7.00. The minimum atomic E-state index is -1.17. The predicted molar refractivity (Wildman–Crippen MR) is 162 cm³/mol. The molecule has 234 valence electrons. The van der Waals surface area contributed by atoms with Crippen LogP contribution in [0.15, 0.2) is 42.5 Å². The van der Waals surface area contributed by atoms with E-state index in [1.54, 1.807) is 38.4 Å². The molecule has 0 radical (unpaired) electrons. The monoisotopic (exact) mass is 596 g/mol. The molecule has 0 saturated carbocycles. The Morgan fingerprint density at radius 2 is 1.88 bits per heavy atom. The molecule has 2 aromatic carbocycles. The van der Waals surface area contributed by atoms with Gasteiger partial charge in [0.2, 0.25) is 17.7 Å². The molecule has 11 heteroatoms. The summed E-state index contributed by atoms with van der Waals surface area (Å²) in [7, 11) is 3.24. The van der Waals surface area contributed by atoms with Crippen LogP contribution in [0.4, 0.5) is 0 Å². The zero-order valence-corrected chi connectivity index (χ0v) is 25.7. The van der Waals surface area contributed by atoms with E-state index in [2.05, 4.69) is 16.0 Å². The molecule has 0 aromatic heterocycles. The first kappa shape index (κ1) is 33.2. The molecule has 3 N–H and O–H groups in total. The lowest BCUT2D eigenvalue weighted by molar-refractivity contribution is -0.137. The molecule has 3 rings (SSSR count). The maximum Gasteiger partial charge on any atom is 0.255 e. The molecule has 2 aromatic rings. The summed E-state index contributed by atoms with van der Waals surface area (Å²) in [5.41, 5.74) is 1.25.